The van der Waals surface area contributed by atoms with Crippen LogP contribution in [0.3, 0.4) is 0 Å². The fraction of sp³-hybridized carbons (Fsp3) is 0.727. The summed E-state index contributed by atoms with van der Waals surface area (Å²) in [6.07, 6.45) is 4.14. The van der Waals surface area contributed by atoms with Crippen molar-refractivity contribution in [2.24, 2.45) is 0 Å². The van der Waals surface area contributed by atoms with Crippen molar-refractivity contribution < 1.29 is 9.00 Å². The fourth-order valence-corrected chi connectivity index (χ4v) is 1.94. The van der Waals surface area contributed by atoms with Gasteiger partial charge in [0.25, 0.3) is 0 Å². The van der Waals surface area contributed by atoms with Gasteiger partial charge in [-0.25, -0.2) is 0 Å². The highest BCUT2D eigenvalue weighted by Gasteiger charge is 2.14. The highest BCUT2D eigenvalue weighted by Crippen LogP contribution is 1.95. The van der Waals surface area contributed by atoms with Crippen LogP contribution in [0.5, 0.6) is 0 Å². The average molecular weight is 246 g/mol. The van der Waals surface area contributed by atoms with E-state index in [-0.39, 0.29) is 18.0 Å². The zero-order valence-corrected chi connectivity index (χ0v) is 11.1. The number of nitrogens with one attached hydrogen (secondary N) is 2. The topological polar surface area (TPSA) is 58.2 Å². The van der Waals surface area contributed by atoms with Gasteiger partial charge in [-0.3, -0.25) is 9.00 Å². The van der Waals surface area contributed by atoms with Crippen molar-refractivity contribution in [3.63, 3.8) is 0 Å². The Morgan fingerprint density at radius 2 is 2.12 bits per heavy atom. The molecule has 0 aliphatic heterocycles. The molecule has 0 aliphatic rings. The molecule has 0 aromatic rings. The lowest BCUT2D eigenvalue weighted by molar-refractivity contribution is -0.122. The van der Waals surface area contributed by atoms with Crippen molar-refractivity contribution in [1.29, 1.82) is 0 Å². The summed E-state index contributed by atoms with van der Waals surface area (Å²) in [6, 6.07) is -0.0476. The van der Waals surface area contributed by atoms with Gasteiger partial charge in [-0.15, -0.1) is 6.58 Å². The van der Waals surface area contributed by atoms with Crippen LogP contribution in [0.4, 0.5) is 0 Å². The minimum Gasteiger partial charge on any atom is -0.351 e. The Labute approximate surface area is 100 Å². The highest BCUT2D eigenvalue weighted by molar-refractivity contribution is 7.84. The van der Waals surface area contributed by atoms with E-state index in [1.54, 1.807) is 12.3 Å². The second-order valence-corrected chi connectivity index (χ2v) is 5.44. The molecule has 16 heavy (non-hydrogen) atoms. The summed E-state index contributed by atoms with van der Waals surface area (Å²) in [5.74, 6) is 0.624. The molecule has 2 N–H and O–H groups in total. The van der Waals surface area contributed by atoms with Crippen LogP contribution in [0.1, 0.15) is 20.3 Å². The minimum atomic E-state index is -0.770. The lowest BCUT2D eigenvalue weighted by Gasteiger charge is -2.18. The molecule has 0 fully saturated rings. The lowest BCUT2D eigenvalue weighted by atomic mass is 10.2. The third kappa shape index (κ3) is 7.59. The van der Waals surface area contributed by atoms with Crippen molar-refractivity contribution in [1.82, 2.24) is 10.6 Å². The first kappa shape index (κ1) is 15.3. The number of amides is 1. The Bertz CT molecular complexity index is 256. The van der Waals surface area contributed by atoms with E-state index < -0.39 is 10.8 Å². The largest absolute Gasteiger partial charge is 0.351 e. The first-order valence-electron chi connectivity index (χ1n) is 5.42. The van der Waals surface area contributed by atoms with Gasteiger partial charge in [-0.1, -0.05) is 6.08 Å². The fourth-order valence-electron chi connectivity index (χ4n) is 1.25. The molecule has 0 rings (SSSR count). The van der Waals surface area contributed by atoms with Crippen molar-refractivity contribution in [3.8, 4) is 0 Å². The van der Waals surface area contributed by atoms with Crippen LogP contribution in [0.25, 0.3) is 0 Å². The van der Waals surface area contributed by atoms with E-state index in [9.17, 15) is 9.00 Å². The molecule has 5 heteroatoms. The minimum absolute atomic E-state index is 0.0376. The van der Waals surface area contributed by atoms with E-state index in [1.165, 1.54) is 0 Å². The maximum atomic E-state index is 11.5. The number of hydrogen-bond donors (Lipinski definition) is 2. The molecule has 0 saturated carbocycles. The Morgan fingerprint density at radius 1 is 1.50 bits per heavy atom. The van der Waals surface area contributed by atoms with Crippen LogP contribution < -0.4 is 10.6 Å². The Balaban J connectivity index is 3.83. The molecule has 0 aromatic heterocycles. The molecule has 94 valence electrons. The molecule has 0 spiro atoms. The van der Waals surface area contributed by atoms with Crippen molar-refractivity contribution in [2.75, 3.05) is 18.6 Å². The molecule has 3 atom stereocenters. The van der Waals surface area contributed by atoms with Crippen molar-refractivity contribution in [2.45, 2.75) is 32.4 Å². The molecule has 0 bridgehead atoms. The molecule has 1 amide bonds. The normalized spacial score (nSPS) is 16.2. The maximum absolute atomic E-state index is 11.5. The van der Waals surface area contributed by atoms with Crippen LogP contribution in [-0.4, -0.2) is 40.8 Å². The number of carbonyl (C=O) groups is 1. The SMILES string of the molecule is C=CCNC(=O)C(C)NC(C)CCS(C)=O. The van der Waals surface area contributed by atoms with Crippen LogP contribution in [0.15, 0.2) is 12.7 Å². The molecular formula is C11H22N2O2S. The standard InChI is InChI=1S/C11H22N2O2S/c1-5-7-12-11(14)10(3)13-9(2)6-8-16(4)15/h5,9-10,13H,1,6-8H2,2-4H3,(H,12,14). The average Bonchev–Trinajstić information content (AvgIpc) is 2.22. The van der Waals surface area contributed by atoms with E-state index in [0.717, 1.165) is 6.42 Å². The van der Waals surface area contributed by atoms with Gasteiger partial charge < -0.3 is 10.6 Å². The summed E-state index contributed by atoms with van der Waals surface area (Å²) in [7, 11) is -0.770. The Hall–Kier alpha value is -0.680. The first-order valence-corrected chi connectivity index (χ1v) is 7.14. The van der Waals surface area contributed by atoms with Crippen molar-refractivity contribution >= 4 is 16.7 Å². The van der Waals surface area contributed by atoms with E-state index in [4.69, 9.17) is 0 Å². The first-order chi connectivity index (χ1) is 7.47. The molecule has 0 radical (unpaired) electrons. The van der Waals surface area contributed by atoms with Crippen LogP contribution in [-0.2, 0) is 15.6 Å². The smallest absolute Gasteiger partial charge is 0.237 e. The predicted molar refractivity (Wildman–Crippen MR) is 68.8 cm³/mol. The van der Waals surface area contributed by atoms with Crippen molar-refractivity contribution in [3.05, 3.63) is 12.7 Å². The number of hydrogen-bond acceptors (Lipinski definition) is 3. The summed E-state index contributed by atoms with van der Waals surface area (Å²) < 4.78 is 10.9. The molecule has 0 heterocycles. The third-order valence-electron chi connectivity index (χ3n) is 2.19. The summed E-state index contributed by atoms with van der Waals surface area (Å²) >= 11 is 0. The van der Waals surface area contributed by atoms with Gasteiger partial charge in [0.15, 0.2) is 0 Å². The van der Waals surface area contributed by atoms with E-state index in [0.29, 0.717) is 12.3 Å². The van der Waals surface area contributed by atoms with Gasteiger partial charge >= 0.3 is 0 Å². The zero-order chi connectivity index (χ0) is 12.6. The van der Waals surface area contributed by atoms with Gasteiger partial charge in [0.2, 0.25) is 5.91 Å². The lowest BCUT2D eigenvalue weighted by Crippen LogP contribution is -2.46. The van der Waals surface area contributed by atoms with Gasteiger partial charge in [-0.05, 0) is 20.3 Å². The van der Waals surface area contributed by atoms with E-state index in [1.807, 2.05) is 13.8 Å². The number of rotatable bonds is 8. The molecular weight excluding hydrogens is 224 g/mol. The Kier molecular flexibility index (Phi) is 8.11. The van der Waals surface area contributed by atoms with Gasteiger partial charge in [0.1, 0.15) is 0 Å². The molecule has 0 aromatic carbocycles. The van der Waals surface area contributed by atoms with Crippen LogP contribution in [0.2, 0.25) is 0 Å². The molecule has 0 aliphatic carbocycles. The molecule has 0 saturated heterocycles. The Morgan fingerprint density at radius 3 is 2.62 bits per heavy atom. The van der Waals surface area contributed by atoms with Gasteiger partial charge in [0.05, 0.1) is 6.04 Å². The van der Waals surface area contributed by atoms with Gasteiger partial charge in [-0.2, -0.15) is 0 Å². The summed E-state index contributed by atoms with van der Waals surface area (Å²) in [6.45, 7) is 7.82. The summed E-state index contributed by atoms with van der Waals surface area (Å²) in [5.41, 5.74) is 0. The maximum Gasteiger partial charge on any atom is 0.237 e. The van der Waals surface area contributed by atoms with E-state index >= 15 is 0 Å². The highest BCUT2D eigenvalue weighted by atomic mass is 32.2. The molecule has 4 nitrogen and oxygen atoms in total. The second kappa shape index (κ2) is 8.47. The molecule has 3 unspecified atom stereocenters. The predicted octanol–water partition coefficient (Wildman–Crippen LogP) is 0.424. The summed E-state index contributed by atoms with van der Waals surface area (Å²) in [5, 5.41) is 5.89. The quantitative estimate of drug-likeness (QED) is 0.610. The van der Waals surface area contributed by atoms with Crippen LogP contribution in [0, 0.1) is 0 Å². The van der Waals surface area contributed by atoms with Gasteiger partial charge in [0, 0.05) is 35.4 Å². The summed E-state index contributed by atoms with van der Waals surface area (Å²) in [4.78, 5) is 11.5. The van der Waals surface area contributed by atoms with Crippen LogP contribution >= 0.6 is 0 Å². The monoisotopic (exact) mass is 246 g/mol. The van der Waals surface area contributed by atoms with E-state index in [2.05, 4.69) is 17.2 Å². The zero-order valence-electron chi connectivity index (χ0n) is 10.3. The number of carbonyl (C=O) groups excluding carboxylic acids is 1. The third-order valence-corrected chi connectivity index (χ3v) is 3.00. The second-order valence-electron chi connectivity index (χ2n) is 3.89.